The lowest BCUT2D eigenvalue weighted by Gasteiger charge is -2.14. The predicted molar refractivity (Wildman–Crippen MR) is 89.1 cm³/mol. The zero-order valence-corrected chi connectivity index (χ0v) is 15.4. The van der Waals surface area contributed by atoms with Crippen molar-refractivity contribution in [1.29, 1.82) is 0 Å². The third-order valence-corrected chi connectivity index (χ3v) is 4.84. The molecule has 12 heteroatoms. The fourth-order valence-electron chi connectivity index (χ4n) is 1.90. The molecule has 0 amide bonds. The second-order valence-corrected chi connectivity index (χ2v) is 8.22. The van der Waals surface area contributed by atoms with E-state index in [4.69, 9.17) is 52.1 Å². The van der Waals surface area contributed by atoms with Crippen LogP contribution in [0.4, 0.5) is 23.4 Å². The van der Waals surface area contributed by atoms with E-state index in [0.29, 0.717) is 23.9 Å². The molecule has 3 nitrogen and oxygen atoms in total. The van der Waals surface area contributed by atoms with E-state index in [9.17, 15) is 17.6 Å². The van der Waals surface area contributed by atoms with E-state index >= 15 is 0 Å². The SMILES string of the molecule is Cc1c(SC(F)(Cl)Cl)c(N)nn1-c1c(Cl)cc(C(F)(F)F)cc1Cl. The zero-order valence-electron chi connectivity index (χ0n) is 11.6. The van der Waals surface area contributed by atoms with Crippen molar-refractivity contribution in [2.24, 2.45) is 0 Å². The molecule has 1 aromatic carbocycles. The largest absolute Gasteiger partial charge is 0.416 e. The molecule has 1 heterocycles. The standard InChI is InChI=1S/C12H7Cl4F4N3S/c1-4-9(24-12(15,16)20)10(21)22-23(4)8-6(13)2-5(3-7(8)14)11(17,18)19/h2-3H,1H3,(H2,21,22). The third kappa shape index (κ3) is 4.16. The van der Waals surface area contributed by atoms with Gasteiger partial charge in [-0.2, -0.15) is 17.6 Å². The maximum Gasteiger partial charge on any atom is 0.416 e. The van der Waals surface area contributed by atoms with Gasteiger partial charge in [0.15, 0.2) is 5.82 Å². The van der Waals surface area contributed by atoms with E-state index in [-0.39, 0.29) is 32.1 Å². The average molecular weight is 443 g/mol. The number of nitrogens with two attached hydrogens (primary N) is 1. The third-order valence-electron chi connectivity index (χ3n) is 2.86. The fourth-order valence-corrected chi connectivity index (χ4v) is 3.62. The lowest BCUT2D eigenvalue weighted by atomic mass is 10.2. The van der Waals surface area contributed by atoms with Crippen LogP contribution in [0.25, 0.3) is 5.69 Å². The molecular weight excluding hydrogens is 436 g/mol. The average Bonchev–Trinajstić information content (AvgIpc) is 2.63. The van der Waals surface area contributed by atoms with Crippen LogP contribution in [-0.2, 0) is 6.18 Å². The van der Waals surface area contributed by atoms with Crippen LogP contribution in [0.1, 0.15) is 11.3 Å². The number of anilines is 1. The van der Waals surface area contributed by atoms with Gasteiger partial charge in [0.2, 0.25) is 0 Å². The van der Waals surface area contributed by atoms with Crippen molar-refractivity contribution in [3.63, 3.8) is 0 Å². The molecule has 0 aliphatic rings. The highest BCUT2D eigenvalue weighted by Crippen LogP contribution is 2.46. The van der Waals surface area contributed by atoms with Gasteiger partial charge in [0.05, 0.1) is 26.2 Å². The van der Waals surface area contributed by atoms with E-state index in [1.807, 2.05) is 0 Å². The molecule has 0 bridgehead atoms. The second-order valence-electron chi connectivity index (χ2n) is 4.55. The van der Waals surface area contributed by atoms with Gasteiger partial charge in [0, 0.05) is 0 Å². The Kier molecular flexibility index (Phi) is 5.47. The van der Waals surface area contributed by atoms with Crippen molar-refractivity contribution in [3.05, 3.63) is 33.4 Å². The van der Waals surface area contributed by atoms with Gasteiger partial charge in [0.25, 0.3) is 0 Å². The molecule has 0 atom stereocenters. The molecule has 0 fully saturated rings. The van der Waals surface area contributed by atoms with E-state index in [1.54, 1.807) is 0 Å². The van der Waals surface area contributed by atoms with Crippen molar-refractivity contribution < 1.29 is 17.6 Å². The number of hydrogen-bond donors (Lipinski definition) is 1. The van der Waals surface area contributed by atoms with Crippen LogP contribution in [0.3, 0.4) is 0 Å². The summed E-state index contributed by atoms with van der Waals surface area (Å²) in [5.41, 5.74) is 4.89. The van der Waals surface area contributed by atoms with Gasteiger partial charge in [-0.15, -0.1) is 5.10 Å². The van der Waals surface area contributed by atoms with Crippen LogP contribution in [-0.4, -0.2) is 13.7 Å². The molecule has 2 N–H and O–H groups in total. The Labute approximate surface area is 158 Å². The van der Waals surface area contributed by atoms with Crippen LogP contribution in [0, 0.1) is 6.92 Å². The monoisotopic (exact) mass is 441 g/mol. The van der Waals surface area contributed by atoms with Gasteiger partial charge in [0.1, 0.15) is 5.69 Å². The van der Waals surface area contributed by atoms with E-state index in [2.05, 4.69) is 5.10 Å². The molecule has 2 aromatic rings. The second kappa shape index (κ2) is 6.64. The highest BCUT2D eigenvalue weighted by Gasteiger charge is 2.33. The maximum absolute atomic E-state index is 13.4. The minimum absolute atomic E-state index is 0.0315. The molecule has 0 saturated carbocycles. The number of hydrogen-bond acceptors (Lipinski definition) is 3. The number of rotatable bonds is 3. The summed E-state index contributed by atoms with van der Waals surface area (Å²) in [7, 11) is 0. The number of nitrogen functional groups attached to an aromatic ring is 1. The molecule has 0 unspecified atom stereocenters. The topological polar surface area (TPSA) is 43.8 Å². The van der Waals surface area contributed by atoms with Gasteiger partial charge in [-0.3, -0.25) is 0 Å². The molecule has 1 aromatic heterocycles. The summed E-state index contributed by atoms with van der Waals surface area (Å²) in [5, 5.41) is 3.31. The number of aromatic nitrogens is 2. The predicted octanol–water partition coefficient (Wildman–Crippen LogP) is 6.24. The number of benzene rings is 1. The lowest BCUT2D eigenvalue weighted by Crippen LogP contribution is -2.08. The minimum Gasteiger partial charge on any atom is -0.381 e. The summed E-state index contributed by atoms with van der Waals surface area (Å²) >= 11 is 22.8. The van der Waals surface area contributed by atoms with E-state index in [0.717, 1.165) is 4.68 Å². The van der Waals surface area contributed by atoms with Crippen molar-refractivity contribution >= 4 is 64.0 Å². The Morgan fingerprint density at radius 2 is 1.62 bits per heavy atom. The fraction of sp³-hybridized carbons (Fsp3) is 0.250. The first-order valence-corrected chi connectivity index (χ1v) is 8.31. The molecule has 0 aliphatic carbocycles. The Balaban J connectivity index is 2.60. The van der Waals surface area contributed by atoms with Crippen LogP contribution in [0.15, 0.2) is 17.0 Å². The van der Waals surface area contributed by atoms with Crippen LogP contribution in [0.5, 0.6) is 0 Å². The number of alkyl halides is 6. The van der Waals surface area contributed by atoms with Crippen molar-refractivity contribution in [3.8, 4) is 5.69 Å². The van der Waals surface area contributed by atoms with Crippen LogP contribution < -0.4 is 5.73 Å². The molecule has 0 saturated heterocycles. The van der Waals surface area contributed by atoms with Crippen molar-refractivity contribution in [2.75, 3.05) is 5.73 Å². The smallest absolute Gasteiger partial charge is 0.381 e. The molecule has 2 rings (SSSR count). The summed E-state index contributed by atoms with van der Waals surface area (Å²) in [6, 6.07) is 1.41. The van der Waals surface area contributed by atoms with Gasteiger partial charge in [-0.1, -0.05) is 46.4 Å². The number of halogens is 8. The summed E-state index contributed by atoms with van der Waals surface area (Å²) in [4.78, 5) is 0.106. The Bertz CT molecular complexity index is 763. The van der Waals surface area contributed by atoms with Crippen LogP contribution >= 0.6 is 58.2 Å². The molecule has 132 valence electrons. The van der Waals surface area contributed by atoms with Crippen molar-refractivity contribution in [1.82, 2.24) is 9.78 Å². The molecule has 0 spiro atoms. The Hall–Kier alpha value is -0.540. The van der Waals surface area contributed by atoms with Gasteiger partial charge >= 0.3 is 10.1 Å². The Morgan fingerprint density at radius 3 is 2.04 bits per heavy atom. The molecular formula is C12H7Cl4F4N3S. The highest BCUT2D eigenvalue weighted by molar-refractivity contribution is 8.03. The first kappa shape index (κ1) is 19.8. The maximum atomic E-state index is 13.4. The molecule has 0 radical (unpaired) electrons. The number of nitrogens with zero attached hydrogens (tertiary/aromatic N) is 2. The van der Waals surface area contributed by atoms with Gasteiger partial charge in [-0.05, 0) is 30.8 Å². The summed E-state index contributed by atoms with van der Waals surface area (Å²) in [6.45, 7) is 1.48. The van der Waals surface area contributed by atoms with Gasteiger partial charge in [-0.25, -0.2) is 4.68 Å². The lowest BCUT2D eigenvalue weighted by molar-refractivity contribution is -0.137. The summed E-state index contributed by atoms with van der Waals surface area (Å²) in [5.74, 6) is -0.132. The first-order valence-electron chi connectivity index (χ1n) is 5.98. The molecule has 0 aliphatic heterocycles. The number of thioether (sulfide) groups is 1. The zero-order chi connectivity index (χ0) is 18.4. The van der Waals surface area contributed by atoms with Crippen LogP contribution in [0.2, 0.25) is 10.0 Å². The summed E-state index contributed by atoms with van der Waals surface area (Å²) in [6.07, 6.45) is -4.61. The van der Waals surface area contributed by atoms with E-state index in [1.165, 1.54) is 6.92 Å². The van der Waals surface area contributed by atoms with Crippen molar-refractivity contribution in [2.45, 2.75) is 21.9 Å². The Morgan fingerprint density at radius 1 is 1.12 bits per heavy atom. The van der Waals surface area contributed by atoms with Gasteiger partial charge < -0.3 is 5.73 Å². The molecule has 24 heavy (non-hydrogen) atoms. The first-order chi connectivity index (χ1) is 10.8. The highest BCUT2D eigenvalue weighted by atomic mass is 35.5. The normalized spacial score (nSPS) is 12.7. The van der Waals surface area contributed by atoms with E-state index < -0.39 is 15.7 Å². The summed E-state index contributed by atoms with van der Waals surface area (Å²) < 4.78 is 50.2. The quantitative estimate of drug-likeness (QED) is 0.347. The minimum atomic E-state index is -4.61.